The lowest BCUT2D eigenvalue weighted by Gasteiger charge is -2.21. The third-order valence-corrected chi connectivity index (χ3v) is 6.24. The molecule has 1 aliphatic rings. The Morgan fingerprint density at radius 2 is 1.71 bits per heavy atom. The summed E-state index contributed by atoms with van der Waals surface area (Å²) in [5.41, 5.74) is 4.99. The van der Waals surface area contributed by atoms with E-state index in [2.05, 4.69) is 74.1 Å². The highest BCUT2D eigenvalue weighted by molar-refractivity contribution is 5.82. The maximum Gasteiger partial charge on any atom is 0.408 e. The first kappa shape index (κ1) is 26.9. The zero-order chi connectivity index (χ0) is 27.1. The summed E-state index contributed by atoms with van der Waals surface area (Å²) in [6.07, 6.45) is 4.48. The topological polar surface area (TPSA) is 112 Å². The average molecular weight is 517 g/mol. The van der Waals surface area contributed by atoms with Gasteiger partial charge in [0.05, 0.1) is 30.8 Å². The number of aromatic nitrogens is 2. The minimum atomic E-state index is -0.599. The number of rotatable bonds is 9. The molecule has 1 unspecified atom stereocenters. The monoisotopic (exact) mass is 516 g/mol. The second-order valence-electron chi connectivity index (χ2n) is 10.4. The van der Waals surface area contributed by atoms with Crippen LogP contribution in [0.25, 0.3) is 22.4 Å². The number of benzene rings is 2. The first-order chi connectivity index (χ1) is 18.2. The van der Waals surface area contributed by atoms with E-state index in [1.807, 2.05) is 6.20 Å². The number of nitrogens with zero attached hydrogens (tertiary/aromatic N) is 3. The third-order valence-electron chi connectivity index (χ3n) is 6.24. The number of likely N-dealkylation sites (N-methyl/N-ethyl adjacent to an activating group) is 1. The van der Waals surface area contributed by atoms with Crippen LogP contribution in [0, 0.1) is 0 Å². The molecule has 1 aliphatic heterocycles. The van der Waals surface area contributed by atoms with E-state index in [0.717, 1.165) is 35.6 Å². The molecule has 4 rings (SSSR count). The first-order valence-corrected chi connectivity index (χ1v) is 12.9. The Morgan fingerprint density at radius 1 is 1.05 bits per heavy atom. The molecule has 3 N–H and O–H groups in total. The molecule has 0 saturated carbocycles. The number of alkyl carbamates (subject to hydrolysis) is 1. The van der Waals surface area contributed by atoms with E-state index >= 15 is 0 Å². The van der Waals surface area contributed by atoms with Gasteiger partial charge in [0.1, 0.15) is 18.0 Å². The van der Waals surface area contributed by atoms with Gasteiger partial charge in [-0.3, -0.25) is 9.79 Å². The minimum Gasteiger partial charge on any atom is -0.444 e. The molecule has 38 heavy (non-hydrogen) atoms. The standard InChI is InChI=1S/C29H36N6O3/c1-29(2,3)38-28(37)32-18-27(36)35(4)15-5-6-26-31-17-25(34-26)23-13-9-21(10-14-23)20-7-11-22(12-8-20)24-16-30-19-33-24/h7-14,17,19,24H,5-6,15-16,18H2,1-4H3,(H,30,33)(H,31,34)(H,32,37). The van der Waals surface area contributed by atoms with Crippen LogP contribution < -0.4 is 10.6 Å². The summed E-state index contributed by atoms with van der Waals surface area (Å²) in [7, 11) is 1.72. The van der Waals surface area contributed by atoms with Gasteiger partial charge >= 0.3 is 6.09 Å². The number of aliphatic imine (C=N–C) groups is 1. The number of hydrogen-bond donors (Lipinski definition) is 3. The van der Waals surface area contributed by atoms with E-state index in [-0.39, 0.29) is 18.5 Å². The molecule has 9 nitrogen and oxygen atoms in total. The van der Waals surface area contributed by atoms with Crippen LogP contribution in [0.5, 0.6) is 0 Å². The number of carbonyl (C=O) groups excluding carboxylic acids is 2. The number of imidazole rings is 1. The van der Waals surface area contributed by atoms with E-state index in [1.54, 1.807) is 39.1 Å². The molecular weight excluding hydrogens is 480 g/mol. The van der Waals surface area contributed by atoms with Crippen molar-refractivity contribution in [3.63, 3.8) is 0 Å². The highest BCUT2D eigenvalue weighted by Crippen LogP contribution is 2.26. The van der Waals surface area contributed by atoms with Crippen molar-refractivity contribution in [3.05, 3.63) is 66.1 Å². The van der Waals surface area contributed by atoms with Crippen molar-refractivity contribution in [2.75, 3.05) is 26.7 Å². The molecule has 0 radical (unpaired) electrons. The molecule has 1 aromatic heterocycles. The molecule has 0 saturated heterocycles. The fourth-order valence-corrected chi connectivity index (χ4v) is 4.15. The van der Waals surface area contributed by atoms with Crippen LogP contribution >= 0.6 is 0 Å². The molecule has 0 fully saturated rings. The fourth-order valence-electron chi connectivity index (χ4n) is 4.15. The summed E-state index contributed by atoms with van der Waals surface area (Å²) < 4.78 is 5.16. The SMILES string of the molecule is CN(CCCc1ncc(-c2ccc(-c3ccc(C4CN=CN4)cc3)cc2)[nH]1)C(=O)CNC(=O)OC(C)(C)C. The van der Waals surface area contributed by atoms with Gasteiger partial charge in [0.15, 0.2) is 0 Å². The number of ether oxygens (including phenoxy) is 1. The van der Waals surface area contributed by atoms with Crippen LogP contribution in [0.15, 0.2) is 59.7 Å². The van der Waals surface area contributed by atoms with E-state index < -0.39 is 11.7 Å². The molecule has 2 aromatic carbocycles. The summed E-state index contributed by atoms with van der Waals surface area (Å²) in [5, 5.41) is 5.76. The van der Waals surface area contributed by atoms with Gasteiger partial charge in [0.25, 0.3) is 0 Å². The molecule has 2 heterocycles. The Morgan fingerprint density at radius 3 is 2.34 bits per heavy atom. The number of nitrogens with one attached hydrogen (secondary N) is 3. The van der Waals surface area contributed by atoms with Gasteiger partial charge in [0.2, 0.25) is 5.91 Å². The van der Waals surface area contributed by atoms with Crippen LogP contribution in [0.1, 0.15) is 44.6 Å². The van der Waals surface area contributed by atoms with E-state index in [9.17, 15) is 9.59 Å². The molecule has 0 aliphatic carbocycles. The minimum absolute atomic E-state index is 0.0941. The van der Waals surface area contributed by atoms with Gasteiger partial charge in [-0.05, 0) is 49.4 Å². The molecule has 2 amide bonds. The van der Waals surface area contributed by atoms with Gasteiger partial charge < -0.3 is 25.3 Å². The van der Waals surface area contributed by atoms with Crippen LogP contribution in [0.4, 0.5) is 4.79 Å². The predicted octanol–water partition coefficient (Wildman–Crippen LogP) is 4.33. The molecular formula is C29H36N6O3. The normalized spacial score (nSPS) is 14.7. The Labute approximate surface area is 223 Å². The second kappa shape index (κ2) is 11.9. The predicted molar refractivity (Wildman–Crippen MR) is 149 cm³/mol. The third kappa shape index (κ3) is 7.44. The van der Waals surface area contributed by atoms with Crippen molar-refractivity contribution >= 4 is 18.3 Å². The number of amides is 2. The molecule has 1 atom stereocenters. The van der Waals surface area contributed by atoms with E-state index in [0.29, 0.717) is 13.0 Å². The van der Waals surface area contributed by atoms with Gasteiger partial charge in [0, 0.05) is 20.0 Å². The fraction of sp³-hybridized carbons (Fsp3) is 0.379. The maximum absolute atomic E-state index is 12.3. The van der Waals surface area contributed by atoms with Crippen molar-refractivity contribution < 1.29 is 14.3 Å². The highest BCUT2D eigenvalue weighted by Gasteiger charge is 2.18. The number of hydrogen-bond acceptors (Lipinski definition) is 6. The van der Waals surface area contributed by atoms with Crippen LogP contribution in [-0.2, 0) is 16.0 Å². The van der Waals surface area contributed by atoms with Crippen molar-refractivity contribution in [3.8, 4) is 22.4 Å². The summed E-state index contributed by atoms with van der Waals surface area (Å²) in [5.74, 6) is 0.701. The number of H-pyrrole nitrogens is 1. The highest BCUT2D eigenvalue weighted by atomic mass is 16.6. The zero-order valence-corrected chi connectivity index (χ0v) is 22.5. The van der Waals surface area contributed by atoms with Gasteiger partial charge in [-0.1, -0.05) is 48.5 Å². The maximum atomic E-state index is 12.3. The van der Waals surface area contributed by atoms with E-state index in [4.69, 9.17) is 4.74 Å². The Kier molecular flexibility index (Phi) is 8.45. The summed E-state index contributed by atoms with van der Waals surface area (Å²) in [6.45, 7) is 6.58. The van der Waals surface area contributed by atoms with Crippen LogP contribution in [0.3, 0.4) is 0 Å². The Bertz CT molecular complexity index is 1250. The first-order valence-electron chi connectivity index (χ1n) is 12.9. The summed E-state index contributed by atoms with van der Waals surface area (Å²) >= 11 is 0. The number of aromatic amines is 1. The lowest BCUT2D eigenvalue weighted by molar-refractivity contribution is -0.129. The van der Waals surface area contributed by atoms with Crippen molar-refractivity contribution in [1.82, 2.24) is 25.5 Å². The number of aryl methyl sites for hydroxylation is 1. The van der Waals surface area contributed by atoms with Crippen molar-refractivity contribution in [1.29, 1.82) is 0 Å². The van der Waals surface area contributed by atoms with Crippen LogP contribution in [0.2, 0.25) is 0 Å². The van der Waals surface area contributed by atoms with E-state index in [1.165, 1.54) is 11.1 Å². The van der Waals surface area contributed by atoms with Gasteiger partial charge in [-0.2, -0.15) is 0 Å². The molecule has 3 aromatic rings. The quantitative estimate of drug-likeness (QED) is 0.392. The average Bonchev–Trinajstić information content (AvgIpc) is 3.59. The molecule has 0 spiro atoms. The number of carbonyl (C=O) groups is 2. The van der Waals surface area contributed by atoms with Crippen molar-refractivity contribution in [2.45, 2.75) is 45.3 Å². The van der Waals surface area contributed by atoms with Gasteiger partial charge in [-0.15, -0.1) is 0 Å². The van der Waals surface area contributed by atoms with Crippen molar-refractivity contribution in [2.24, 2.45) is 4.99 Å². The Balaban J connectivity index is 1.23. The lowest BCUT2D eigenvalue weighted by atomic mass is 10.00. The summed E-state index contributed by atoms with van der Waals surface area (Å²) in [6, 6.07) is 17.3. The summed E-state index contributed by atoms with van der Waals surface area (Å²) in [4.78, 5) is 37.7. The van der Waals surface area contributed by atoms with Crippen LogP contribution in [-0.4, -0.2) is 65.5 Å². The Hall–Kier alpha value is -4.14. The molecule has 0 bridgehead atoms. The second-order valence-corrected chi connectivity index (χ2v) is 10.4. The van der Waals surface area contributed by atoms with Gasteiger partial charge in [-0.25, -0.2) is 9.78 Å². The lowest BCUT2D eigenvalue weighted by Crippen LogP contribution is -2.40. The molecule has 9 heteroatoms. The smallest absolute Gasteiger partial charge is 0.408 e. The zero-order valence-electron chi connectivity index (χ0n) is 22.5. The largest absolute Gasteiger partial charge is 0.444 e. The molecule has 200 valence electrons.